The smallest absolute Gasteiger partial charge is 0.233 e. The highest BCUT2D eigenvalue weighted by atomic mass is 79.9. The van der Waals surface area contributed by atoms with Gasteiger partial charge in [0.15, 0.2) is 0 Å². The Labute approximate surface area is 112 Å². The van der Waals surface area contributed by atoms with Crippen LogP contribution in [0.3, 0.4) is 0 Å². The molecule has 1 heterocycles. The van der Waals surface area contributed by atoms with Crippen molar-refractivity contribution in [3.8, 4) is 0 Å². The number of alkyl halides is 1. The molecule has 1 rings (SSSR count). The summed E-state index contributed by atoms with van der Waals surface area (Å²) in [6, 6.07) is 0. The van der Waals surface area contributed by atoms with Gasteiger partial charge in [-0.3, -0.25) is 9.69 Å². The van der Waals surface area contributed by atoms with Gasteiger partial charge in [0.2, 0.25) is 5.91 Å². The van der Waals surface area contributed by atoms with Crippen LogP contribution in [0.2, 0.25) is 0 Å². The molecule has 1 N–H and O–H groups in total. The van der Waals surface area contributed by atoms with Crippen LogP contribution in [-0.4, -0.2) is 54.0 Å². The highest BCUT2D eigenvalue weighted by Gasteiger charge is 2.29. The molecule has 0 bridgehead atoms. The monoisotopic (exact) mass is 306 g/mol. The molecule has 4 nitrogen and oxygen atoms in total. The van der Waals surface area contributed by atoms with Crippen LogP contribution in [0.4, 0.5) is 0 Å². The van der Waals surface area contributed by atoms with Gasteiger partial charge in [0.05, 0.1) is 18.0 Å². The fourth-order valence-electron chi connectivity index (χ4n) is 1.88. The van der Waals surface area contributed by atoms with E-state index in [0.717, 1.165) is 32.7 Å². The normalized spacial score (nSPS) is 20.0. The molecule has 1 saturated heterocycles. The van der Waals surface area contributed by atoms with Gasteiger partial charge >= 0.3 is 0 Å². The molecule has 1 atom stereocenters. The maximum Gasteiger partial charge on any atom is 0.233 e. The van der Waals surface area contributed by atoms with E-state index in [9.17, 15) is 4.79 Å². The molecule has 1 unspecified atom stereocenters. The van der Waals surface area contributed by atoms with Crippen LogP contribution in [-0.2, 0) is 9.53 Å². The number of halogens is 1. The number of rotatable bonds is 5. The van der Waals surface area contributed by atoms with Crippen LogP contribution in [0, 0.1) is 0 Å². The summed E-state index contributed by atoms with van der Waals surface area (Å²) in [6.45, 7) is 10.4. The van der Waals surface area contributed by atoms with E-state index in [1.165, 1.54) is 0 Å². The first-order chi connectivity index (χ1) is 7.97. The van der Waals surface area contributed by atoms with Crippen molar-refractivity contribution in [1.82, 2.24) is 10.2 Å². The number of morpholine rings is 1. The van der Waals surface area contributed by atoms with E-state index in [1.807, 2.05) is 6.92 Å². The van der Waals surface area contributed by atoms with Crippen molar-refractivity contribution < 1.29 is 9.53 Å². The Balaban J connectivity index is 2.40. The van der Waals surface area contributed by atoms with E-state index in [1.54, 1.807) is 0 Å². The molecule has 1 fully saturated rings. The maximum absolute atomic E-state index is 11.7. The van der Waals surface area contributed by atoms with E-state index < -0.39 is 0 Å². The molecule has 17 heavy (non-hydrogen) atoms. The lowest BCUT2D eigenvalue weighted by Crippen LogP contribution is -2.55. The van der Waals surface area contributed by atoms with E-state index in [-0.39, 0.29) is 16.3 Å². The fraction of sp³-hybridized carbons (Fsp3) is 0.917. The van der Waals surface area contributed by atoms with Gasteiger partial charge in [0.1, 0.15) is 0 Å². The number of hydrogen-bond donors (Lipinski definition) is 1. The predicted molar refractivity (Wildman–Crippen MR) is 72.5 cm³/mol. The summed E-state index contributed by atoms with van der Waals surface area (Å²) < 4.78 is 5.34. The Morgan fingerprint density at radius 2 is 2.06 bits per heavy atom. The summed E-state index contributed by atoms with van der Waals surface area (Å²) in [6.07, 6.45) is 0.809. The van der Waals surface area contributed by atoms with Crippen molar-refractivity contribution in [1.29, 1.82) is 0 Å². The summed E-state index contributed by atoms with van der Waals surface area (Å²) in [5, 5.41) is 3.00. The number of nitrogens with one attached hydrogen (secondary N) is 1. The quantitative estimate of drug-likeness (QED) is 0.781. The Bertz CT molecular complexity index is 253. The minimum absolute atomic E-state index is 0.0140. The van der Waals surface area contributed by atoms with Gasteiger partial charge in [0.25, 0.3) is 0 Å². The molecule has 1 aliphatic rings. The molecule has 1 amide bonds. The zero-order chi connectivity index (χ0) is 12.9. The topological polar surface area (TPSA) is 41.6 Å². The summed E-state index contributed by atoms with van der Waals surface area (Å²) in [7, 11) is 0. The van der Waals surface area contributed by atoms with Gasteiger partial charge in [-0.1, -0.05) is 22.9 Å². The van der Waals surface area contributed by atoms with Crippen LogP contribution in [0.5, 0.6) is 0 Å². The van der Waals surface area contributed by atoms with Gasteiger partial charge in [-0.2, -0.15) is 0 Å². The SMILES string of the molecule is CCC(Br)C(=O)NCC(C)(C)N1CCOCC1. The fourth-order valence-corrected chi connectivity index (χ4v) is 2.04. The highest BCUT2D eigenvalue weighted by molar-refractivity contribution is 9.10. The molecule has 5 heteroatoms. The molecule has 0 radical (unpaired) electrons. The van der Waals surface area contributed by atoms with Crippen LogP contribution < -0.4 is 5.32 Å². The van der Waals surface area contributed by atoms with Gasteiger partial charge < -0.3 is 10.1 Å². The average Bonchev–Trinajstić information content (AvgIpc) is 2.36. The molecular formula is C12H23BrN2O2. The Morgan fingerprint density at radius 3 is 2.59 bits per heavy atom. The van der Waals surface area contributed by atoms with Crippen molar-refractivity contribution in [3.63, 3.8) is 0 Å². The minimum atomic E-state index is -0.0806. The summed E-state index contributed by atoms with van der Waals surface area (Å²) in [4.78, 5) is 14.0. The van der Waals surface area contributed by atoms with Crippen molar-refractivity contribution >= 4 is 21.8 Å². The number of carbonyl (C=O) groups is 1. The van der Waals surface area contributed by atoms with Crippen LogP contribution in [0.25, 0.3) is 0 Å². The van der Waals surface area contributed by atoms with E-state index in [4.69, 9.17) is 4.74 Å². The lowest BCUT2D eigenvalue weighted by atomic mass is 10.0. The Hall–Kier alpha value is -0.130. The Kier molecular flexibility index (Phi) is 5.89. The zero-order valence-corrected chi connectivity index (χ0v) is 12.5. The minimum Gasteiger partial charge on any atom is -0.379 e. The van der Waals surface area contributed by atoms with E-state index in [0.29, 0.717) is 6.54 Å². The second-order valence-electron chi connectivity index (χ2n) is 5.01. The lowest BCUT2D eigenvalue weighted by Gasteiger charge is -2.41. The second kappa shape index (κ2) is 6.71. The molecule has 0 aromatic heterocycles. The van der Waals surface area contributed by atoms with Crippen LogP contribution in [0.15, 0.2) is 0 Å². The largest absolute Gasteiger partial charge is 0.379 e. The molecule has 1 aliphatic heterocycles. The van der Waals surface area contributed by atoms with Crippen molar-refractivity contribution in [3.05, 3.63) is 0 Å². The molecular weight excluding hydrogens is 284 g/mol. The number of hydrogen-bond acceptors (Lipinski definition) is 3. The number of carbonyl (C=O) groups excluding carboxylic acids is 1. The van der Waals surface area contributed by atoms with Gasteiger partial charge in [0, 0.05) is 25.2 Å². The molecule has 100 valence electrons. The van der Waals surface area contributed by atoms with Crippen LogP contribution >= 0.6 is 15.9 Å². The summed E-state index contributed by atoms with van der Waals surface area (Å²) in [5.41, 5.74) is -0.0140. The third-order valence-electron chi connectivity index (χ3n) is 3.21. The van der Waals surface area contributed by atoms with E-state index in [2.05, 4.69) is 40.0 Å². The first kappa shape index (κ1) is 14.9. The number of nitrogens with zero attached hydrogens (tertiary/aromatic N) is 1. The lowest BCUT2D eigenvalue weighted by molar-refractivity contribution is -0.121. The van der Waals surface area contributed by atoms with Gasteiger partial charge in [-0.05, 0) is 20.3 Å². The standard InChI is InChI=1S/C12H23BrN2O2/c1-4-10(13)11(16)14-9-12(2,3)15-5-7-17-8-6-15/h10H,4-9H2,1-3H3,(H,14,16). The van der Waals surface area contributed by atoms with E-state index >= 15 is 0 Å². The number of amides is 1. The van der Waals surface area contributed by atoms with Crippen LogP contribution in [0.1, 0.15) is 27.2 Å². The molecule has 0 saturated carbocycles. The highest BCUT2D eigenvalue weighted by Crippen LogP contribution is 2.15. The van der Waals surface area contributed by atoms with Gasteiger partial charge in [-0.15, -0.1) is 0 Å². The zero-order valence-electron chi connectivity index (χ0n) is 11.0. The maximum atomic E-state index is 11.7. The first-order valence-electron chi connectivity index (χ1n) is 6.22. The first-order valence-corrected chi connectivity index (χ1v) is 7.13. The molecule has 0 aliphatic carbocycles. The van der Waals surface area contributed by atoms with Gasteiger partial charge in [-0.25, -0.2) is 0 Å². The summed E-state index contributed by atoms with van der Waals surface area (Å²) >= 11 is 3.36. The predicted octanol–water partition coefficient (Wildman–Crippen LogP) is 1.39. The Morgan fingerprint density at radius 1 is 1.47 bits per heavy atom. The molecule has 0 aromatic rings. The second-order valence-corrected chi connectivity index (χ2v) is 6.11. The van der Waals surface area contributed by atoms with Crippen molar-refractivity contribution in [2.24, 2.45) is 0 Å². The number of ether oxygens (including phenoxy) is 1. The van der Waals surface area contributed by atoms with Crippen molar-refractivity contribution in [2.75, 3.05) is 32.8 Å². The average molecular weight is 307 g/mol. The molecule has 0 spiro atoms. The third kappa shape index (κ3) is 4.56. The third-order valence-corrected chi connectivity index (χ3v) is 4.27. The molecule has 0 aromatic carbocycles. The van der Waals surface area contributed by atoms with Crippen molar-refractivity contribution in [2.45, 2.75) is 37.6 Å². The summed E-state index contributed by atoms with van der Waals surface area (Å²) in [5.74, 6) is 0.0776.